The molecule has 0 aliphatic rings. The van der Waals surface area contributed by atoms with E-state index >= 15 is 0 Å². The molecule has 0 aromatic heterocycles. The molecule has 0 heterocycles. The van der Waals surface area contributed by atoms with Crippen LogP contribution in [0.15, 0.2) is 96.1 Å². The van der Waals surface area contributed by atoms with Crippen LogP contribution in [0.4, 0.5) is 11.4 Å². The molecule has 0 bridgehead atoms. The fourth-order valence-electron chi connectivity index (χ4n) is 3.28. The molecule has 0 aliphatic heterocycles. The first-order valence-corrected chi connectivity index (χ1v) is 10.7. The van der Waals surface area contributed by atoms with Gasteiger partial charge >= 0.3 is 11.8 Å². The quantitative estimate of drug-likeness (QED) is 0.221. The summed E-state index contributed by atoms with van der Waals surface area (Å²) in [5.74, 6) is -2.38. The van der Waals surface area contributed by atoms with Gasteiger partial charge in [0.2, 0.25) is 0 Å². The fraction of sp³-hybridized carbons (Fsp3) is 0. The molecular formula is C26H19ClN4O3. The topological polar surface area (TPSA) is 99.7 Å². The molecule has 0 aliphatic carbocycles. The minimum absolute atomic E-state index is 0.187. The highest BCUT2D eigenvalue weighted by atomic mass is 35.5. The Morgan fingerprint density at radius 3 is 2.26 bits per heavy atom. The Morgan fingerprint density at radius 1 is 0.735 bits per heavy atom. The summed E-state index contributed by atoms with van der Waals surface area (Å²) in [7, 11) is 0. The van der Waals surface area contributed by atoms with Crippen LogP contribution in [0, 0.1) is 0 Å². The van der Waals surface area contributed by atoms with E-state index in [2.05, 4.69) is 21.2 Å². The number of nitrogens with one attached hydrogen (secondary N) is 3. The standard InChI is InChI=1S/C26H19ClN4O3/c27-19-12-14-20(15-13-19)29-24(32)22-10-3-4-11-23(22)30-25(33)26(34)31-28-16-18-8-5-7-17-6-1-2-9-21(17)18/h1-16H,(H,29,32)(H,30,33)(H,31,34)/b28-16+. The lowest BCUT2D eigenvalue weighted by Gasteiger charge is -2.11. The van der Waals surface area contributed by atoms with E-state index in [0.29, 0.717) is 10.7 Å². The van der Waals surface area contributed by atoms with Crippen LogP contribution in [0.3, 0.4) is 0 Å². The molecule has 8 heteroatoms. The van der Waals surface area contributed by atoms with Crippen molar-refractivity contribution in [3.63, 3.8) is 0 Å². The fourth-order valence-corrected chi connectivity index (χ4v) is 3.40. The third-order valence-corrected chi connectivity index (χ3v) is 5.17. The maximum Gasteiger partial charge on any atom is 0.329 e. The summed E-state index contributed by atoms with van der Waals surface area (Å²) in [5.41, 5.74) is 3.93. The molecule has 7 nitrogen and oxygen atoms in total. The minimum Gasteiger partial charge on any atom is -0.322 e. The molecule has 0 radical (unpaired) electrons. The summed E-state index contributed by atoms with van der Waals surface area (Å²) in [6, 6.07) is 26.4. The van der Waals surface area contributed by atoms with Crippen molar-refractivity contribution in [1.82, 2.24) is 5.43 Å². The maximum atomic E-state index is 12.7. The van der Waals surface area contributed by atoms with Gasteiger partial charge < -0.3 is 10.6 Å². The van der Waals surface area contributed by atoms with Gasteiger partial charge in [0.05, 0.1) is 17.5 Å². The lowest BCUT2D eigenvalue weighted by molar-refractivity contribution is -0.136. The Balaban J connectivity index is 1.41. The van der Waals surface area contributed by atoms with Crippen molar-refractivity contribution >= 4 is 57.7 Å². The van der Waals surface area contributed by atoms with Crippen LogP contribution in [-0.2, 0) is 9.59 Å². The van der Waals surface area contributed by atoms with Crippen molar-refractivity contribution in [2.75, 3.05) is 10.6 Å². The highest BCUT2D eigenvalue weighted by Gasteiger charge is 2.17. The van der Waals surface area contributed by atoms with Gasteiger partial charge in [-0.15, -0.1) is 0 Å². The first-order valence-electron chi connectivity index (χ1n) is 10.3. The second-order valence-electron chi connectivity index (χ2n) is 7.23. The predicted molar refractivity (Wildman–Crippen MR) is 134 cm³/mol. The zero-order chi connectivity index (χ0) is 23.9. The summed E-state index contributed by atoms with van der Waals surface area (Å²) in [5, 5.41) is 11.6. The van der Waals surface area contributed by atoms with E-state index in [0.717, 1.165) is 16.3 Å². The molecule has 0 atom stereocenters. The van der Waals surface area contributed by atoms with Crippen molar-refractivity contribution in [2.45, 2.75) is 0 Å². The first kappa shape index (κ1) is 22.7. The van der Waals surface area contributed by atoms with Crippen molar-refractivity contribution in [1.29, 1.82) is 0 Å². The first-order chi connectivity index (χ1) is 16.5. The summed E-state index contributed by atoms with van der Waals surface area (Å²) >= 11 is 5.87. The molecule has 0 saturated carbocycles. The second-order valence-corrected chi connectivity index (χ2v) is 7.66. The number of para-hydroxylation sites is 1. The molecule has 0 spiro atoms. The number of carbonyl (C=O) groups excluding carboxylic acids is 3. The Kier molecular flexibility index (Phi) is 6.95. The number of benzene rings is 4. The average molecular weight is 471 g/mol. The van der Waals surface area contributed by atoms with Crippen LogP contribution in [0.1, 0.15) is 15.9 Å². The Hall–Kier alpha value is -4.49. The third-order valence-electron chi connectivity index (χ3n) is 4.92. The minimum atomic E-state index is -0.968. The van der Waals surface area contributed by atoms with E-state index in [1.807, 2.05) is 42.5 Å². The summed E-state index contributed by atoms with van der Waals surface area (Å²) < 4.78 is 0. The van der Waals surface area contributed by atoms with Gasteiger partial charge in [-0.05, 0) is 47.2 Å². The normalized spacial score (nSPS) is 10.7. The maximum absolute atomic E-state index is 12.7. The number of halogens is 1. The largest absolute Gasteiger partial charge is 0.329 e. The molecule has 0 saturated heterocycles. The molecule has 0 unspecified atom stereocenters. The van der Waals surface area contributed by atoms with Crippen molar-refractivity contribution < 1.29 is 14.4 Å². The van der Waals surface area contributed by atoms with Gasteiger partial charge in [0, 0.05) is 16.3 Å². The van der Waals surface area contributed by atoms with Crippen molar-refractivity contribution in [2.24, 2.45) is 5.10 Å². The zero-order valence-corrected chi connectivity index (χ0v) is 18.5. The molecule has 168 valence electrons. The summed E-state index contributed by atoms with van der Waals surface area (Å²) in [6.45, 7) is 0. The van der Waals surface area contributed by atoms with Gasteiger partial charge in [0.15, 0.2) is 0 Å². The van der Waals surface area contributed by atoms with Crippen LogP contribution in [-0.4, -0.2) is 23.9 Å². The summed E-state index contributed by atoms with van der Waals surface area (Å²) in [6.07, 6.45) is 1.47. The van der Waals surface area contributed by atoms with Gasteiger partial charge in [-0.3, -0.25) is 14.4 Å². The number of rotatable bonds is 5. The highest BCUT2D eigenvalue weighted by Crippen LogP contribution is 2.19. The molecule has 4 aromatic carbocycles. The molecule has 34 heavy (non-hydrogen) atoms. The number of hydrogen-bond acceptors (Lipinski definition) is 4. The van der Waals surface area contributed by atoms with Crippen LogP contribution in [0.2, 0.25) is 5.02 Å². The number of nitrogens with zero attached hydrogens (tertiary/aromatic N) is 1. The number of amides is 3. The van der Waals surface area contributed by atoms with Gasteiger partial charge in [0.25, 0.3) is 5.91 Å². The smallest absolute Gasteiger partial charge is 0.322 e. The monoisotopic (exact) mass is 470 g/mol. The van der Waals surface area contributed by atoms with Gasteiger partial charge in [-0.25, -0.2) is 5.43 Å². The zero-order valence-electron chi connectivity index (χ0n) is 17.8. The van der Waals surface area contributed by atoms with Crippen molar-refractivity contribution in [3.8, 4) is 0 Å². The van der Waals surface area contributed by atoms with Crippen LogP contribution < -0.4 is 16.1 Å². The van der Waals surface area contributed by atoms with E-state index < -0.39 is 17.7 Å². The van der Waals surface area contributed by atoms with E-state index in [9.17, 15) is 14.4 Å². The number of fused-ring (bicyclic) bond motifs is 1. The molecule has 4 aromatic rings. The van der Waals surface area contributed by atoms with Crippen LogP contribution in [0.5, 0.6) is 0 Å². The summed E-state index contributed by atoms with van der Waals surface area (Å²) in [4.78, 5) is 37.3. The highest BCUT2D eigenvalue weighted by molar-refractivity contribution is 6.40. The molecule has 3 N–H and O–H groups in total. The van der Waals surface area contributed by atoms with E-state index in [1.165, 1.54) is 18.3 Å². The Morgan fingerprint density at radius 2 is 1.44 bits per heavy atom. The Bertz CT molecular complexity index is 1400. The lowest BCUT2D eigenvalue weighted by atomic mass is 10.1. The molecular weight excluding hydrogens is 452 g/mol. The Labute approximate surface area is 200 Å². The SMILES string of the molecule is O=C(N/N=C/c1cccc2ccccc12)C(=O)Nc1ccccc1C(=O)Nc1ccc(Cl)cc1. The van der Waals surface area contributed by atoms with Gasteiger partial charge in [0.1, 0.15) is 0 Å². The van der Waals surface area contributed by atoms with E-state index in [-0.39, 0.29) is 11.3 Å². The average Bonchev–Trinajstić information content (AvgIpc) is 2.85. The number of carbonyl (C=O) groups is 3. The van der Waals surface area contributed by atoms with Gasteiger partial charge in [-0.2, -0.15) is 5.10 Å². The number of hydrazone groups is 1. The predicted octanol–water partition coefficient (Wildman–Crippen LogP) is 4.83. The van der Waals surface area contributed by atoms with E-state index in [1.54, 1.807) is 36.4 Å². The molecule has 0 fully saturated rings. The second kappa shape index (κ2) is 10.4. The van der Waals surface area contributed by atoms with Crippen molar-refractivity contribution in [3.05, 3.63) is 107 Å². The molecule has 4 rings (SSSR count). The lowest BCUT2D eigenvalue weighted by Crippen LogP contribution is -2.33. The van der Waals surface area contributed by atoms with Crippen LogP contribution in [0.25, 0.3) is 10.8 Å². The number of anilines is 2. The van der Waals surface area contributed by atoms with Gasteiger partial charge in [-0.1, -0.05) is 66.2 Å². The molecule has 3 amide bonds. The third kappa shape index (κ3) is 5.46. The van der Waals surface area contributed by atoms with E-state index in [4.69, 9.17) is 11.6 Å². The number of hydrogen-bond donors (Lipinski definition) is 3. The van der Waals surface area contributed by atoms with Crippen LogP contribution >= 0.6 is 11.6 Å².